The number of allylic oxidation sites excluding steroid dienone is 1. The highest BCUT2D eigenvalue weighted by molar-refractivity contribution is 6.14. The summed E-state index contributed by atoms with van der Waals surface area (Å²) in [5.41, 5.74) is 1.51. The van der Waals surface area contributed by atoms with Crippen molar-refractivity contribution in [2.75, 3.05) is 33.5 Å². The number of methoxy groups -OCH3 is 1. The Bertz CT molecular complexity index is 1080. The van der Waals surface area contributed by atoms with Crippen LogP contribution >= 0.6 is 0 Å². The van der Waals surface area contributed by atoms with Crippen LogP contribution < -0.4 is 9.47 Å². The number of carbonyl (C=O) groups excluding carboxylic acids is 2. The van der Waals surface area contributed by atoms with Crippen LogP contribution in [-0.4, -0.2) is 55.2 Å². The van der Waals surface area contributed by atoms with Gasteiger partial charge in [0.15, 0.2) is 23.0 Å². The average molecular weight is 480 g/mol. The van der Waals surface area contributed by atoms with Gasteiger partial charge in [0.05, 0.1) is 31.4 Å². The summed E-state index contributed by atoms with van der Waals surface area (Å²) >= 11 is 0. The van der Waals surface area contributed by atoms with E-state index in [2.05, 4.69) is 6.92 Å². The zero-order valence-electron chi connectivity index (χ0n) is 20.5. The Morgan fingerprint density at radius 2 is 1.83 bits per heavy atom. The second-order valence-corrected chi connectivity index (χ2v) is 8.11. The highest BCUT2D eigenvalue weighted by Gasteiger charge is 2.43. The van der Waals surface area contributed by atoms with Gasteiger partial charge >= 0.3 is 0 Å². The van der Waals surface area contributed by atoms with Crippen LogP contribution in [0.3, 0.4) is 0 Å². The van der Waals surface area contributed by atoms with E-state index in [4.69, 9.17) is 14.2 Å². The molecule has 0 aromatic heterocycles. The van der Waals surface area contributed by atoms with E-state index in [1.165, 1.54) is 18.1 Å². The van der Waals surface area contributed by atoms with Crippen LogP contribution in [0.5, 0.6) is 11.5 Å². The molecule has 2 aromatic rings. The average Bonchev–Trinajstić information content (AvgIpc) is 3.12. The normalized spacial score (nSPS) is 15.8. The van der Waals surface area contributed by atoms with Gasteiger partial charge in [-0.25, -0.2) is 0 Å². The van der Waals surface area contributed by atoms with Crippen molar-refractivity contribution >= 4 is 17.8 Å². The zero-order valence-corrected chi connectivity index (χ0v) is 20.5. The summed E-state index contributed by atoms with van der Waals surface area (Å²) < 4.78 is 16.9. The lowest BCUT2D eigenvalue weighted by atomic mass is 9.95. The molecular weight excluding hydrogens is 446 g/mol. The maximum atomic E-state index is 13.3. The van der Waals surface area contributed by atoms with Gasteiger partial charge in [-0.2, -0.15) is 0 Å². The third-order valence-electron chi connectivity index (χ3n) is 5.67. The predicted molar refractivity (Wildman–Crippen MR) is 134 cm³/mol. The second-order valence-electron chi connectivity index (χ2n) is 8.11. The Balaban J connectivity index is 1.99. The zero-order chi connectivity index (χ0) is 25.2. The molecule has 7 heteroatoms. The molecule has 1 aliphatic rings. The van der Waals surface area contributed by atoms with Gasteiger partial charge in [0, 0.05) is 13.7 Å². The van der Waals surface area contributed by atoms with Crippen molar-refractivity contribution in [3.8, 4) is 11.5 Å². The number of hydrogen-bond acceptors (Lipinski definition) is 6. The molecule has 0 aliphatic carbocycles. The lowest BCUT2D eigenvalue weighted by molar-refractivity contribution is -0.130. The van der Waals surface area contributed by atoms with Gasteiger partial charge in [-0.1, -0.05) is 55.8 Å². The Kier molecular flexibility index (Phi) is 9.49. The van der Waals surface area contributed by atoms with Crippen LogP contribution in [-0.2, 0) is 14.3 Å². The van der Waals surface area contributed by atoms with Gasteiger partial charge in [0.25, 0.3) is 5.91 Å². The molecule has 0 fully saturated rings. The molecule has 0 saturated carbocycles. The fraction of sp³-hybridized carbons (Fsp3) is 0.357. The second kappa shape index (κ2) is 12.8. The largest absolute Gasteiger partial charge is 0.503 e. The molecule has 0 spiro atoms. The van der Waals surface area contributed by atoms with Crippen molar-refractivity contribution in [2.24, 2.45) is 0 Å². The quantitative estimate of drug-likeness (QED) is 0.325. The van der Waals surface area contributed by atoms with Crippen molar-refractivity contribution < 1.29 is 28.9 Å². The van der Waals surface area contributed by atoms with Crippen molar-refractivity contribution in [1.29, 1.82) is 0 Å². The highest BCUT2D eigenvalue weighted by atomic mass is 16.5. The predicted octanol–water partition coefficient (Wildman–Crippen LogP) is 4.89. The summed E-state index contributed by atoms with van der Waals surface area (Å²) in [7, 11) is 1.53. The Morgan fingerprint density at radius 3 is 2.51 bits per heavy atom. The minimum absolute atomic E-state index is 0.0281. The maximum absolute atomic E-state index is 13.3. The molecule has 35 heavy (non-hydrogen) atoms. The summed E-state index contributed by atoms with van der Waals surface area (Å²) in [5.74, 6) is -0.467. The fourth-order valence-corrected chi connectivity index (χ4v) is 3.91. The molecule has 2 aromatic carbocycles. The van der Waals surface area contributed by atoms with Crippen molar-refractivity contribution in [1.82, 2.24) is 4.90 Å². The van der Waals surface area contributed by atoms with Gasteiger partial charge in [-0.15, -0.1) is 0 Å². The number of aliphatic hydroxyl groups excluding tert-OH is 1. The number of nitrogens with zero attached hydrogens (tertiary/aromatic N) is 1. The molecule has 1 N–H and O–H groups in total. The molecule has 3 rings (SSSR count). The number of amides is 1. The highest BCUT2D eigenvalue weighted by Crippen LogP contribution is 2.41. The smallest absolute Gasteiger partial charge is 0.290 e. The number of carbonyl (C=O) groups is 2. The molecule has 7 nitrogen and oxygen atoms in total. The van der Waals surface area contributed by atoms with Crippen LogP contribution in [0.25, 0.3) is 6.08 Å². The third-order valence-corrected chi connectivity index (χ3v) is 5.67. The molecule has 0 saturated heterocycles. The van der Waals surface area contributed by atoms with Gasteiger partial charge < -0.3 is 24.2 Å². The van der Waals surface area contributed by atoms with Crippen LogP contribution in [0.2, 0.25) is 0 Å². The first-order valence-corrected chi connectivity index (χ1v) is 11.9. The third kappa shape index (κ3) is 6.31. The number of unbranched alkanes of at least 4 members (excludes halogenated alkanes) is 1. The Morgan fingerprint density at radius 1 is 1.06 bits per heavy atom. The van der Waals surface area contributed by atoms with Crippen molar-refractivity contribution in [2.45, 2.75) is 32.7 Å². The molecule has 1 unspecified atom stereocenters. The lowest BCUT2D eigenvalue weighted by Crippen LogP contribution is -2.33. The molecule has 1 aliphatic heterocycles. The number of rotatable bonds is 13. The molecule has 1 amide bonds. The van der Waals surface area contributed by atoms with E-state index in [-0.39, 0.29) is 18.7 Å². The summed E-state index contributed by atoms with van der Waals surface area (Å²) in [5, 5.41) is 10.7. The summed E-state index contributed by atoms with van der Waals surface area (Å²) in [4.78, 5) is 27.7. The first kappa shape index (κ1) is 26.0. The molecule has 1 heterocycles. The van der Waals surface area contributed by atoms with Gasteiger partial charge in [-0.3, -0.25) is 9.59 Å². The lowest BCUT2D eigenvalue weighted by Gasteiger charge is -2.27. The van der Waals surface area contributed by atoms with E-state index in [1.54, 1.807) is 24.3 Å². The maximum Gasteiger partial charge on any atom is 0.290 e. The molecule has 0 radical (unpaired) electrons. The molecule has 0 bridgehead atoms. The monoisotopic (exact) mass is 479 g/mol. The molecule has 186 valence electrons. The van der Waals surface area contributed by atoms with E-state index in [9.17, 15) is 14.7 Å². The van der Waals surface area contributed by atoms with E-state index >= 15 is 0 Å². The van der Waals surface area contributed by atoms with Crippen LogP contribution in [0.4, 0.5) is 0 Å². The van der Waals surface area contributed by atoms with Crippen LogP contribution in [0.15, 0.2) is 65.9 Å². The van der Waals surface area contributed by atoms with Gasteiger partial charge in [0.2, 0.25) is 0 Å². The van der Waals surface area contributed by atoms with E-state index < -0.39 is 23.5 Å². The number of aliphatic hydroxyl groups is 1. The number of ether oxygens (including phenoxy) is 3. The van der Waals surface area contributed by atoms with Gasteiger partial charge in [-0.05, 0) is 42.7 Å². The first-order chi connectivity index (χ1) is 17.0. The van der Waals surface area contributed by atoms with Crippen LogP contribution in [0.1, 0.15) is 43.9 Å². The summed E-state index contributed by atoms with van der Waals surface area (Å²) in [6, 6.07) is 13.9. The van der Waals surface area contributed by atoms with Crippen LogP contribution in [0, 0.1) is 0 Å². The minimum atomic E-state index is -0.783. The standard InChI is InChI=1S/C28H33NO6/c1-4-6-17-35-23-15-13-21(19-24(23)34-5-2)26-25(27(31)28(32)29(26)16-18-33-3)22(30)14-12-20-10-8-7-9-11-20/h7-15,19,26,31H,4-6,16-18H2,1-3H3. The van der Waals surface area contributed by atoms with E-state index in [1.807, 2.05) is 37.3 Å². The first-order valence-electron chi connectivity index (χ1n) is 11.9. The SMILES string of the molecule is CCCCOc1ccc(C2C(C(=O)C=Cc3ccccc3)=C(O)C(=O)N2CCOC)cc1OCC. The molecule has 1 atom stereocenters. The summed E-state index contributed by atoms with van der Waals surface area (Å²) in [6.07, 6.45) is 4.97. The van der Waals surface area contributed by atoms with Gasteiger partial charge in [0.1, 0.15) is 0 Å². The molecular formula is C28H33NO6. The topological polar surface area (TPSA) is 85.3 Å². The number of benzene rings is 2. The number of ketones is 1. The van der Waals surface area contributed by atoms with E-state index in [0.29, 0.717) is 30.3 Å². The Labute approximate surface area is 206 Å². The van der Waals surface area contributed by atoms with Crippen molar-refractivity contribution in [3.63, 3.8) is 0 Å². The summed E-state index contributed by atoms with van der Waals surface area (Å²) in [6.45, 7) is 5.42. The fourth-order valence-electron chi connectivity index (χ4n) is 3.91. The number of hydrogen-bond donors (Lipinski definition) is 1. The van der Waals surface area contributed by atoms with E-state index in [0.717, 1.165) is 18.4 Å². The Hall–Kier alpha value is -3.58. The van der Waals surface area contributed by atoms with Crippen molar-refractivity contribution in [3.05, 3.63) is 77.1 Å². The minimum Gasteiger partial charge on any atom is -0.503 e.